The Balaban J connectivity index is 1.59. The van der Waals surface area contributed by atoms with E-state index in [4.69, 9.17) is 21.1 Å². The zero-order valence-corrected chi connectivity index (χ0v) is 21.8. The van der Waals surface area contributed by atoms with Gasteiger partial charge < -0.3 is 14.8 Å². The number of halogens is 1. The lowest BCUT2D eigenvalue weighted by molar-refractivity contribution is -0.127. The zero-order chi connectivity index (χ0) is 26.2. The number of carbonyl (C=O) groups is 3. The maximum atomic E-state index is 12.8. The van der Waals surface area contributed by atoms with E-state index in [0.29, 0.717) is 26.9 Å². The van der Waals surface area contributed by atoms with Crippen LogP contribution in [0.5, 0.6) is 5.75 Å². The molecule has 0 bridgehead atoms. The van der Waals surface area contributed by atoms with Gasteiger partial charge in [-0.15, -0.1) is 11.3 Å². The molecule has 1 atom stereocenters. The molecule has 2 N–H and O–H groups in total. The Labute approximate surface area is 218 Å². The highest BCUT2D eigenvalue weighted by molar-refractivity contribution is 7.16. The Morgan fingerprint density at radius 2 is 1.86 bits per heavy atom. The lowest BCUT2D eigenvalue weighted by Crippen LogP contribution is -2.33. The van der Waals surface area contributed by atoms with Gasteiger partial charge in [0.05, 0.1) is 18.4 Å². The molecule has 0 aliphatic rings. The van der Waals surface area contributed by atoms with Crippen LogP contribution >= 0.6 is 22.9 Å². The van der Waals surface area contributed by atoms with Crippen molar-refractivity contribution in [2.45, 2.75) is 33.8 Å². The summed E-state index contributed by atoms with van der Waals surface area (Å²) in [5.41, 5.74) is 4.67. The molecule has 0 saturated heterocycles. The number of nitrogens with zero attached hydrogens (tertiary/aromatic N) is 1. The van der Waals surface area contributed by atoms with E-state index in [-0.39, 0.29) is 12.5 Å². The van der Waals surface area contributed by atoms with Crippen molar-refractivity contribution < 1.29 is 23.9 Å². The second-order valence-corrected chi connectivity index (χ2v) is 9.40. The van der Waals surface area contributed by atoms with Crippen molar-refractivity contribution in [3.8, 4) is 5.75 Å². The van der Waals surface area contributed by atoms with Gasteiger partial charge in [-0.1, -0.05) is 23.7 Å². The van der Waals surface area contributed by atoms with Crippen LogP contribution in [-0.4, -0.2) is 36.7 Å². The first-order valence-corrected chi connectivity index (χ1v) is 12.3. The lowest BCUT2D eigenvalue weighted by Gasteiger charge is -2.13. The first-order chi connectivity index (χ1) is 17.2. The van der Waals surface area contributed by atoms with Crippen molar-refractivity contribution in [2.75, 3.05) is 11.9 Å². The van der Waals surface area contributed by atoms with Crippen LogP contribution in [-0.2, 0) is 9.53 Å². The summed E-state index contributed by atoms with van der Waals surface area (Å²) >= 11 is 7.24. The van der Waals surface area contributed by atoms with E-state index < -0.39 is 18.0 Å². The summed E-state index contributed by atoms with van der Waals surface area (Å²) < 4.78 is 10.8. The number of amides is 2. The maximum absolute atomic E-state index is 12.8. The fourth-order valence-corrected chi connectivity index (χ4v) is 4.37. The first kappa shape index (κ1) is 26.9. The Bertz CT molecular complexity index is 1290. The minimum absolute atomic E-state index is 0.243. The molecule has 0 fully saturated rings. The monoisotopic (exact) mass is 527 g/mol. The lowest BCUT2D eigenvalue weighted by atomic mass is 10.1. The molecule has 2 aromatic carbocycles. The van der Waals surface area contributed by atoms with Crippen molar-refractivity contribution in [3.05, 3.63) is 80.7 Å². The van der Waals surface area contributed by atoms with Crippen LogP contribution in [0.1, 0.15) is 50.6 Å². The number of aryl methyl sites for hydroxylation is 1. The van der Waals surface area contributed by atoms with Crippen molar-refractivity contribution in [2.24, 2.45) is 5.10 Å². The van der Waals surface area contributed by atoms with Gasteiger partial charge >= 0.3 is 5.97 Å². The molecule has 36 heavy (non-hydrogen) atoms. The van der Waals surface area contributed by atoms with Gasteiger partial charge in [0.1, 0.15) is 10.8 Å². The molecular formula is C26H26ClN3O5S. The molecule has 188 valence electrons. The fourth-order valence-electron chi connectivity index (χ4n) is 3.13. The van der Waals surface area contributed by atoms with Crippen molar-refractivity contribution in [3.63, 3.8) is 0 Å². The van der Waals surface area contributed by atoms with Gasteiger partial charge in [-0.2, -0.15) is 5.10 Å². The van der Waals surface area contributed by atoms with E-state index in [1.807, 2.05) is 13.8 Å². The average molecular weight is 528 g/mol. The smallest absolute Gasteiger partial charge is 0.341 e. The summed E-state index contributed by atoms with van der Waals surface area (Å²) in [5, 5.41) is 7.72. The highest BCUT2D eigenvalue weighted by Gasteiger charge is 2.22. The molecule has 1 unspecified atom stereocenters. The Kier molecular flexibility index (Phi) is 9.21. The van der Waals surface area contributed by atoms with Gasteiger partial charge in [0.25, 0.3) is 11.8 Å². The highest BCUT2D eigenvalue weighted by Crippen LogP contribution is 2.33. The number of carbonyl (C=O) groups excluding carboxylic acids is 3. The van der Waals surface area contributed by atoms with Crippen LogP contribution < -0.4 is 15.5 Å². The number of hydrogen-bond acceptors (Lipinski definition) is 7. The minimum Gasteiger partial charge on any atom is -0.481 e. The maximum Gasteiger partial charge on any atom is 0.341 e. The van der Waals surface area contributed by atoms with Gasteiger partial charge in [0, 0.05) is 15.5 Å². The van der Waals surface area contributed by atoms with Crippen molar-refractivity contribution in [1.82, 2.24) is 5.43 Å². The number of anilines is 1. The summed E-state index contributed by atoms with van der Waals surface area (Å²) in [6, 6.07) is 13.4. The van der Waals surface area contributed by atoms with Crippen LogP contribution in [0.25, 0.3) is 0 Å². The zero-order valence-electron chi connectivity index (χ0n) is 20.3. The molecule has 3 aromatic rings. The number of rotatable bonds is 9. The predicted octanol–water partition coefficient (Wildman–Crippen LogP) is 5.36. The molecule has 1 aromatic heterocycles. The number of ether oxygens (including phenoxy) is 2. The molecule has 3 rings (SSSR count). The second kappa shape index (κ2) is 12.3. The van der Waals surface area contributed by atoms with Crippen LogP contribution in [0.2, 0.25) is 5.02 Å². The first-order valence-electron chi connectivity index (χ1n) is 11.1. The Hall–Kier alpha value is -3.69. The van der Waals surface area contributed by atoms with Gasteiger partial charge in [-0.05, 0) is 75.2 Å². The largest absolute Gasteiger partial charge is 0.481 e. The number of thiophene rings is 1. The second-order valence-electron chi connectivity index (χ2n) is 7.74. The van der Waals surface area contributed by atoms with E-state index >= 15 is 0 Å². The van der Waals surface area contributed by atoms with Crippen LogP contribution in [0.15, 0.2) is 53.6 Å². The quantitative estimate of drug-likeness (QED) is 0.221. The van der Waals surface area contributed by atoms with Gasteiger partial charge in [-0.25, -0.2) is 10.2 Å². The molecule has 0 radical (unpaired) electrons. The summed E-state index contributed by atoms with van der Waals surface area (Å²) in [5.74, 6) is -0.884. The number of esters is 1. The molecule has 10 heteroatoms. The van der Waals surface area contributed by atoms with Crippen LogP contribution in [0.3, 0.4) is 0 Å². The van der Waals surface area contributed by atoms with E-state index in [2.05, 4.69) is 15.8 Å². The van der Waals surface area contributed by atoms with Crippen molar-refractivity contribution in [1.29, 1.82) is 0 Å². The number of nitrogens with one attached hydrogen (secondary N) is 2. The predicted molar refractivity (Wildman–Crippen MR) is 141 cm³/mol. The van der Waals surface area contributed by atoms with Gasteiger partial charge in [0.2, 0.25) is 0 Å². The number of hydrogen-bond donors (Lipinski definition) is 2. The molecule has 0 aliphatic carbocycles. The SMILES string of the molecule is CCOC(=O)c1c(NC(=O)c2ccc(OC(C)C(=O)NN=Cc3cccc(Cl)c3)cc2)sc(C)c1C. The average Bonchev–Trinajstić information content (AvgIpc) is 3.12. The molecule has 0 spiro atoms. The molecule has 2 amide bonds. The standard InChI is InChI=1S/C26H26ClN3O5S/c1-5-34-26(33)22-15(2)17(4)36-25(22)29-24(32)19-9-11-21(12-10-19)35-16(3)23(31)30-28-14-18-7-6-8-20(27)13-18/h6-14,16H,5H2,1-4H3,(H,29,32)(H,30,31). The number of benzene rings is 2. The van der Waals surface area contributed by atoms with Crippen molar-refractivity contribution >= 4 is 51.9 Å². The van der Waals surface area contributed by atoms with Crippen LogP contribution in [0, 0.1) is 13.8 Å². The third kappa shape index (κ3) is 6.93. The Morgan fingerprint density at radius 3 is 2.53 bits per heavy atom. The summed E-state index contributed by atoms with van der Waals surface area (Å²) in [7, 11) is 0. The minimum atomic E-state index is -0.828. The normalized spacial score (nSPS) is 11.7. The summed E-state index contributed by atoms with van der Waals surface area (Å²) in [6.07, 6.45) is 0.652. The topological polar surface area (TPSA) is 106 Å². The summed E-state index contributed by atoms with van der Waals surface area (Å²) in [4.78, 5) is 38.3. The molecule has 1 heterocycles. The number of hydrazone groups is 1. The van der Waals surface area contributed by atoms with Gasteiger partial charge in [0.15, 0.2) is 6.10 Å². The Morgan fingerprint density at radius 1 is 1.14 bits per heavy atom. The fraction of sp³-hybridized carbons (Fsp3) is 0.231. The molecule has 0 aliphatic heterocycles. The third-order valence-corrected chi connectivity index (χ3v) is 6.49. The molecular weight excluding hydrogens is 502 g/mol. The van der Waals surface area contributed by atoms with E-state index in [9.17, 15) is 14.4 Å². The van der Waals surface area contributed by atoms with E-state index in [0.717, 1.165) is 16.0 Å². The summed E-state index contributed by atoms with van der Waals surface area (Å²) in [6.45, 7) is 7.26. The van der Waals surface area contributed by atoms with E-state index in [1.165, 1.54) is 17.6 Å². The highest BCUT2D eigenvalue weighted by atomic mass is 35.5. The molecule has 0 saturated carbocycles. The van der Waals surface area contributed by atoms with Gasteiger partial charge in [-0.3, -0.25) is 9.59 Å². The van der Waals surface area contributed by atoms with Crippen LogP contribution in [0.4, 0.5) is 5.00 Å². The third-order valence-electron chi connectivity index (χ3n) is 5.13. The molecule has 8 nitrogen and oxygen atoms in total. The van der Waals surface area contributed by atoms with E-state index in [1.54, 1.807) is 62.4 Å².